The van der Waals surface area contributed by atoms with Crippen LogP contribution in [0.25, 0.3) is 0 Å². The second-order valence-electron chi connectivity index (χ2n) is 5.80. The Morgan fingerprint density at radius 1 is 1.24 bits per heavy atom. The highest BCUT2D eigenvalue weighted by molar-refractivity contribution is 5.31. The fourth-order valence-electron chi connectivity index (χ4n) is 2.79. The Hall–Kier alpha value is -1.81. The molecule has 0 fully saturated rings. The zero-order valence-electron chi connectivity index (χ0n) is 12.5. The van der Waals surface area contributed by atoms with E-state index in [1.54, 1.807) is 12.1 Å². The van der Waals surface area contributed by atoms with Gasteiger partial charge < -0.3 is 5.32 Å². The van der Waals surface area contributed by atoms with Crippen molar-refractivity contribution >= 4 is 0 Å². The molecule has 0 unspecified atom stereocenters. The molecule has 1 aromatic heterocycles. The van der Waals surface area contributed by atoms with Crippen LogP contribution in [0.3, 0.4) is 0 Å². The third-order valence-electron chi connectivity index (χ3n) is 3.86. The van der Waals surface area contributed by atoms with Crippen molar-refractivity contribution in [3.8, 4) is 0 Å². The number of nitrogens with zero attached hydrogens (tertiary/aromatic N) is 2. The molecule has 0 bridgehead atoms. The van der Waals surface area contributed by atoms with Crippen LogP contribution < -0.4 is 5.32 Å². The van der Waals surface area contributed by atoms with Crippen molar-refractivity contribution < 1.29 is 4.39 Å². The monoisotopic (exact) mass is 285 g/mol. The van der Waals surface area contributed by atoms with Crippen molar-refractivity contribution in [3.05, 3.63) is 58.4 Å². The van der Waals surface area contributed by atoms with E-state index in [-0.39, 0.29) is 5.82 Å². The van der Waals surface area contributed by atoms with E-state index in [9.17, 15) is 4.39 Å². The standard InChI is InChI=1S/C17H20FN3/c1-11(2)17-13-10-19-8-7-15(13)20-16(21-17)9-12-5-3-4-6-14(12)18/h3-6,11,19H,7-10H2,1-2H3. The van der Waals surface area contributed by atoms with Gasteiger partial charge in [-0.25, -0.2) is 14.4 Å². The van der Waals surface area contributed by atoms with Crippen LogP contribution in [0.4, 0.5) is 4.39 Å². The molecular formula is C17H20FN3. The van der Waals surface area contributed by atoms with Gasteiger partial charge in [-0.1, -0.05) is 32.0 Å². The van der Waals surface area contributed by atoms with Crippen LogP contribution in [0, 0.1) is 5.82 Å². The number of benzene rings is 1. The molecule has 0 aliphatic carbocycles. The van der Waals surface area contributed by atoms with Crippen molar-refractivity contribution in [1.29, 1.82) is 0 Å². The molecule has 1 aromatic carbocycles. The minimum atomic E-state index is -0.188. The Morgan fingerprint density at radius 3 is 2.81 bits per heavy atom. The lowest BCUT2D eigenvalue weighted by atomic mass is 9.98. The highest BCUT2D eigenvalue weighted by Crippen LogP contribution is 2.23. The lowest BCUT2D eigenvalue weighted by Gasteiger charge is -2.21. The first-order valence-electron chi connectivity index (χ1n) is 7.48. The van der Waals surface area contributed by atoms with Crippen molar-refractivity contribution in [2.24, 2.45) is 0 Å². The molecule has 0 spiro atoms. The summed E-state index contributed by atoms with van der Waals surface area (Å²) in [6.07, 6.45) is 1.37. The van der Waals surface area contributed by atoms with Gasteiger partial charge in [0.2, 0.25) is 0 Å². The smallest absolute Gasteiger partial charge is 0.133 e. The Kier molecular flexibility index (Phi) is 3.97. The number of rotatable bonds is 3. The molecule has 1 aliphatic rings. The zero-order valence-corrected chi connectivity index (χ0v) is 12.5. The molecule has 1 N–H and O–H groups in total. The number of aromatic nitrogens is 2. The lowest BCUT2D eigenvalue weighted by molar-refractivity contribution is 0.595. The molecule has 3 nitrogen and oxygen atoms in total. The van der Waals surface area contributed by atoms with E-state index in [2.05, 4.69) is 24.1 Å². The number of nitrogens with one attached hydrogen (secondary N) is 1. The molecule has 1 aliphatic heterocycles. The minimum Gasteiger partial charge on any atom is -0.312 e. The lowest BCUT2D eigenvalue weighted by Crippen LogP contribution is -2.27. The maximum Gasteiger partial charge on any atom is 0.133 e. The van der Waals surface area contributed by atoms with Crippen molar-refractivity contribution in [3.63, 3.8) is 0 Å². The first-order valence-corrected chi connectivity index (χ1v) is 7.48. The average Bonchev–Trinajstić information content (AvgIpc) is 2.48. The van der Waals surface area contributed by atoms with Gasteiger partial charge in [0.15, 0.2) is 0 Å². The fraction of sp³-hybridized carbons (Fsp3) is 0.412. The van der Waals surface area contributed by atoms with E-state index in [1.165, 1.54) is 11.6 Å². The Morgan fingerprint density at radius 2 is 2.05 bits per heavy atom. The Bertz CT molecular complexity index is 652. The van der Waals surface area contributed by atoms with Crippen LogP contribution in [0.1, 0.15) is 48.1 Å². The second kappa shape index (κ2) is 5.90. The molecule has 21 heavy (non-hydrogen) atoms. The molecule has 2 heterocycles. The SMILES string of the molecule is CC(C)c1nc(Cc2ccccc2F)nc2c1CNCC2. The van der Waals surface area contributed by atoms with Gasteiger partial charge in [0, 0.05) is 31.5 Å². The van der Waals surface area contributed by atoms with E-state index in [4.69, 9.17) is 4.98 Å². The normalized spacial score (nSPS) is 14.3. The summed E-state index contributed by atoms with van der Waals surface area (Å²) in [6.45, 7) is 6.07. The van der Waals surface area contributed by atoms with E-state index in [0.717, 1.165) is 36.7 Å². The largest absolute Gasteiger partial charge is 0.312 e. The van der Waals surface area contributed by atoms with Gasteiger partial charge in [0.25, 0.3) is 0 Å². The van der Waals surface area contributed by atoms with Gasteiger partial charge in [0.05, 0.1) is 11.4 Å². The highest BCUT2D eigenvalue weighted by Gasteiger charge is 2.19. The van der Waals surface area contributed by atoms with E-state index in [1.807, 2.05) is 6.07 Å². The van der Waals surface area contributed by atoms with E-state index >= 15 is 0 Å². The van der Waals surface area contributed by atoms with Crippen molar-refractivity contribution in [2.45, 2.75) is 39.2 Å². The van der Waals surface area contributed by atoms with Crippen LogP contribution in [0.15, 0.2) is 24.3 Å². The molecule has 2 aromatic rings. The summed E-state index contributed by atoms with van der Waals surface area (Å²) in [5, 5.41) is 3.37. The van der Waals surface area contributed by atoms with Crippen molar-refractivity contribution in [1.82, 2.24) is 15.3 Å². The van der Waals surface area contributed by atoms with Gasteiger partial charge in [-0.3, -0.25) is 0 Å². The zero-order chi connectivity index (χ0) is 14.8. The third-order valence-corrected chi connectivity index (χ3v) is 3.86. The molecule has 0 radical (unpaired) electrons. The van der Waals surface area contributed by atoms with Crippen LogP contribution in [-0.2, 0) is 19.4 Å². The molecule has 110 valence electrons. The van der Waals surface area contributed by atoms with Crippen LogP contribution in [0.5, 0.6) is 0 Å². The summed E-state index contributed by atoms with van der Waals surface area (Å²) in [5.74, 6) is 0.886. The molecule has 0 saturated carbocycles. The van der Waals surface area contributed by atoms with Crippen molar-refractivity contribution in [2.75, 3.05) is 6.54 Å². The van der Waals surface area contributed by atoms with Gasteiger partial charge >= 0.3 is 0 Å². The van der Waals surface area contributed by atoms with Gasteiger partial charge in [-0.05, 0) is 17.5 Å². The number of fused-ring (bicyclic) bond motifs is 1. The van der Waals surface area contributed by atoms with Gasteiger partial charge in [0.1, 0.15) is 11.6 Å². The Labute approximate surface area is 124 Å². The first kappa shape index (κ1) is 14.1. The maximum absolute atomic E-state index is 13.8. The molecule has 4 heteroatoms. The van der Waals surface area contributed by atoms with Crippen LogP contribution >= 0.6 is 0 Å². The first-order chi connectivity index (χ1) is 10.1. The summed E-state index contributed by atoms with van der Waals surface area (Å²) in [5.41, 5.74) is 4.10. The molecule has 0 amide bonds. The number of halogens is 1. The second-order valence-corrected chi connectivity index (χ2v) is 5.80. The Balaban J connectivity index is 1.99. The summed E-state index contributed by atoms with van der Waals surface area (Å²) >= 11 is 0. The van der Waals surface area contributed by atoms with Crippen LogP contribution in [-0.4, -0.2) is 16.5 Å². The number of hydrogen-bond donors (Lipinski definition) is 1. The fourth-order valence-corrected chi connectivity index (χ4v) is 2.79. The average molecular weight is 285 g/mol. The van der Waals surface area contributed by atoms with Gasteiger partial charge in [-0.15, -0.1) is 0 Å². The summed E-state index contributed by atoms with van der Waals surface area (Å²) in [4.78, 5) is 9.38. The molecule has 3 rings (SSSR count). The molecular weight excluding hydrogens is 265 g/mol. The molecule has 0 atom stereocenters. The van der Waals surface area contributed by atoms with Crippen LogP contribution in [0.2, 0.25) is 0 Å². The summed E-state index contributed by atoms with van der Waals surface area (Å²) < 4.78 is 13.8. The maximum atomic E-state index is 13.8. The third kappa shape index (κ3) is 2.95. The minimum absolute atomic E-state index is 0.188. The quantitative estimate of drug-likeness (QED) is 0.942. The summed E-state index contributed by atoms with van der Waals surface area (Å²) in [6, 6.07) is 6.84. The summed E-state index contributed by atoms with van der Waals surface area (Å²) in [7, 11) is 0. The highest BCUT2D eigenvalue weighted by atomic mass is 19.1. The number of hydrogen-bond acceptors (Lipinski definition) is 3. The molecule has 0 saturated heterocycles. The van der Waals surface area contributed by atoms with E-state index in [0.29, 0.717) is 17.9 Å². The van der Waals surface area contributed by atoms with E-state index < -0.39 is 0 Å². The van der Waals surface area contributed by atoms with Gasteiger partial charge in [-0.2, -0.15) is 0 Å². The predicted octanol–water partition coefficient (Wildman–Crippen LogP) is 2.98. The topological polar surface area (TPSA) is 37.8 Å². The predicted molar refractivity (Wildman–Crippen MR) is 80.7 cm³/mol.